The van der Waals surface area contributed by atoms with E-state index < -0.39 is 0 Å². The molecule has 0 saturated heterocycles. The number of ether oxygens (including phenoxy) is 2. The molecule has 1 aliphatic rings. The Morgan fingerprint density at radius 1 is 1.21 bits per heavy atom. The van der Waals surface area contributed by atoms with Crippen molar-refractivity contribution in [1.29, 1.82) is 0 Å². The van der Waals surface area contributed by atoms with Crippen LogP contribution in [0.1, 0.15) is 38.2 Å². The van der Waals surface area contributed by atoms with E-state index in [2.05, 4.69) is 36.5 Å². The normalized spacial score (nSPS) is 22.6. The third kappa shape index (κ3) is 4.22. The van der Waals surface area contributed by atoms with Gasteiger partial charge in [-0.05, 0) is 43.4 Å². The van der Waals surface area contributed by atoms with Gasteiger partial charge >= 0.3 is 0 Å². The monoisotopic (exact) mass is 263 g/mol. The molecule has 2 unspecified atom stereocenters. The minimum atomic E-state index is 0.382. The summed E-state index contributed by atoms with van der Waals surface area (Å²) in [6.45, 7) is 3.81. The van der Waals surface area contributed by atoms with E-state index in [0.29, 0.717) is 12.1 Å². The van der Waals surface area contributed by atoms with Gasteiger partial charge in [0.15, 0.2) is 0 Å². The molecule has 0 aromatic heterocycles. The van der Waals surface area contributed by atoms with Crippen molar-refractivity contribution in [3.63, 3.8) is 0 Å². The topological polar surface area (TPSA) is 30.5 Å². The van der Waals surface area contributed by atoms with Crippen LogP contribution in [-0.4, -0.2) is 25.9 Å². The van der Waals surface area contributed by atoms with Crippen LogP contribution in [0, 0.1) is 0 Å². The van der Waals surface area contributed by atoms with Gasteiger partial charge in [0.05, 0.1) is 12.7 Å². The van der Waals surface area contributed by atoms with Crippen LogP contribution in [0.5, 0.6) is 5.75 Å². The average molecular weight is 263 g/mol. The van der Waals surface area contributed by atoms with Gasteiger partial charge in [-0.25, -0.2) is 0 Å². The van der Waals surface area contributed by atoms with Gasteiger partial charge in [0.1, 0.15) is 5.75 Å². The summed E-state index contributed by atoms with van der Waals surface area (Å²) in [4.78, 5) is 0. The molecule has 1 aromatic carbocycles. The van der Waals surface area contributed by atoms with E-state index in [1.807, 2.05) is 7.11 Å². The number of methoxy groups -OCH3 is 1. The van der Waals surface area contributed by atoms with Gasteiger partial charge in [0.2, 0.25) is 0 Å². The van der Waals surface area contributed by atoms with Crippen LogP contribution in [0.25, 0.3) is 0 Å². The Morgan fingerprint density at radius 2 is 2.00 bits per heavy atom. The van der Waals surface area contributed by atoms with Gasteiger partial charge in [0, 0.05) is 19.7 Å². The second kappa shape index (κ2) is 7.51. The molecule has 0 radical (unpaired) electrons. The lowest BCUT2D eigenvalue weighted by Crippen LogP contribution is -2.36. The Balaban J connectivity index is 1.79. The first-order valence-corrected chi connectivity index (χ1v) is 7.31. The van der Waals surface area contributed by atoms with Crippen LogP contribution in [0.3, 0.4) is 0 Å². The van der Waals surface area contributed by atoms with Crippen molar-refractivity contribution in [1.82, 2.24) is 5.32 Å². The molecular weight excluding hydrogens is 238 g/mol. The molecule has 3 nitrogen and oxygen atoms in total. The maximum Gasteiger partial charge on any atom is 0.119 e. The number of benzene rings is 1. The fraction of sp³-hybridized carbons (Fsp3) is 0.625. The third-order valence-corrected chi connectivity index (χ3v) is 3.72. The molecular formula is C16H25NO2. The zero-order chi connectivity index (χ0) is 13.5. The van der Waals surface area contributed by atoms with Crippen molar-refractivity contribution in [3.05, 3.63) is 29.8 Å². The highest BCUT2D eigenvalue weighted by atomic mass is 16.5. The molecule has 0 aliphatic heterocycles. The highest BCUT2D eigenvalue weighted by molar-refractivity contribution is 5.27. The van der Waals surface area contributed by atoms with Gasteiger partial charge in [-0.3, -0.25) is 0 Å². The Hall–Kier alpha value is -1.06. The predicted octanol–water partition coefficient (Wildman–Crippen LogP) is 3.13. The summed E-state index contributed by atoms with van der Waals surface area (Å²) in [5.41, 5.74) is 1.30. The summed E-state index contributed by atoms with van der Waals surface area (Å²) in [6, 6.07) is 8.87. The predicted molar refractivity (Wildman–Crippen MR) is 77.5 cm³/mol. The van der Waals surface area contributed by atoms with Crippen molar-refractivity contribution < 1.29 is 9.47 Å². The number of nitrogens with one attached hydrogen (secondary N) is 1. The summed E-state index contributed by atoms with van der Waals surface area (Å²) in [5.74, 6) is 0.959. The molecule has 0 amide bonds. The lowest BCUT2D eigenvalue weighted by molar-refractivity contribution is 0.0847. The summed E-state index contributed by atoms with van der Waals surface area (Å²) < 4.78 is 11.1. The van der Waals surface area contributed by atoms with Crippen LogP contribution in [0.2, 0.25) is 0 Å². The van der Waals surface area contributed by atoms with E-state index in [1.165, 1.54) is 24.8 Å². The fourth-order valence-corrected chi connectivity index (χ4v) is 2.61. The molecule has 1 aromatic rings. The molecule has 1 fully saturated rings. The van der Waals surface area contributed by atoms with E-state index in [-0.39, 0.29) is 0 Å². The van der Waals surface area contributed by atoms with E-state index in [0.717, 1.165) is 25.3 Å². The average Bonchev–Trinajstić information content (AvgIpc) is 2.91. The van der Waals surface area contributed by atoms with Crippen molar-refractivity contribution >= 4 is 0 Å². The SMILES string of the molecule is CCCOc1ccc(CNC2CCCC2OC)cc1. The molecule has 19 heavy (non-hydrogen) atoms. The third-order valence-electron chi connectivity index (χ3n) is 3.72. The second-order valence-corrected chi connectivity index (χ2v) is 5.18. The molecule has 1 saturated carbocycles. The summed E-state index contributed by atoms with van der Waals surface area (Å²) in [5, 5.41) is 3.60. The largest absolute Gasteiger partial charge is 0.494 e. The van der Waals surface area contributed by atoms with E-state index in [1.54, 1.807) is 0 Å². The van der Waals surface area contributed by atoms with Crippen molar-refractivity contribution in [3.8, 4) is 5.75 Å². The molecule has 0 spiro atoms. The molecule has 2 rings (SSSR count). The quantitative estimate of drug-likeness (QED) is 0.820. The molecule has 0 heterocycles. The summed E-state index contributed by atoms with van der Waals surface area (Å²) in [6.07, 6.45) is 5.09. The van der Waals surface area contributed by atoms with E-state index >= 15 is 0 Å². The van der Waals surface area contributed by atoms with Crippen LogP contribution >= 0.6 is 0 Å². The molecule has 0 bridgehead atoms. The van der Waals surface area contributed by atoms with Crippen molar-refractivity contribution in [2.75, 3.05) is 13.7 Å². The van der Waals surface area contributed by atoms with Gasteiger partial charge in [0.25, 0.3) is 0 Å². The first-order chi connectivity index (χ1) is 9.33. The fourth-order valence-electron chi connectivity index (χ4n) is 2.61. The van der Waals surface area contributed by atoms with Gasteiger partial charge in [-0.2, -0.15) is 0 Å². The smallest absolute Gasteiger partial charge is 0.119 e. The summed E-state index contributed by atoms with van der Waals surface area (Å²) in [7, 11) is 1.81. The van der Waals surface area contributed by atoms with Crippen molar-refractivity contribution in [2.24, 2.45) is 0 Å². The zero-order valence-corrected chi connectivity index (χ0v) is 12.0. The van der Waals surface area contributed by atoms with Crippen LogP contribution in [-0.2, 0) is 11.3 Å². The first-order valence-electron chi connectivity index (χ1n) is 7.31. The lowest BCUT2D eigenvalue weighted by Gasteiger charge is -2.19. The maximum absolute atomic E-state index is 5.58. The highest BCUT2D eigenvalue weighted by Gasteiger charge is 2.26. The molecule has 3 heteroatoms. The van der Waals surface area contributed by atoms with Crippen LogP contribution < -0.4 is 10.1 Å². The van der Waals surface area contributed by atoms with Crippen molar-refractivity contribution in [2.45, 2.75) is 51.3 Å². The zero-order valence-electron chi connectivity index (χ0n) is 12.0. The lowest BCUT2D eigenvalue weighted by atomic mass is 10.1. The van der Waals surface area contributed by atoms with E-state index in [9.17, 15) is 0 Å². The standard InChI is InChI=1S/C16H25NO2/c1-3-11-19-14-9-7-13(8-10-14)12-17-15-5-4-6-16(15)18-2/h7-10,15-17H,3-6,11-12H2,1-2H3. The first kappa shape index (κ1) is 14.4. The Bertz CT molecular complexity index is 364. The summed E-state index contributed by atoms with van der Waals surface area (Å²) >= 11 is 0. The highest BCUT2D eigenvalue weighted by Crippen LogP contribution is 2.22. The van der Waals surface area contributed by atoms with Gasteiger partial charge in [-0.15, -0.1) is 0 Å². The molecule has 106 valence electrons. The number of hydrogen-bond acceptors (Lipinski definition) is 3. The van der Waals surface area contributed by atoms with Gasteiger partial charge < -0.3 is 14.8 Å². The molecule has 1 N–H and O–H groups in total. The van der Waals surface area contributed by atoms with E-state index in [4.69, 9.17) is 9.47 Å². The van der Waals surface area contributed by atoms with Crippen LogP contribution in [0.15, 0.2) is 24.3 Å². The Morgan fingerprint density at radius 3 is 2.68 bits per heavy atom. The minimum absolute atomic E-state index is 0.382. The second-order valence-electron chi connectivity index (χ2n) is 5.18. The Kier molecular flexibility index (Phi) is 5.67. The molecule has 1 aliphatic carbocycles. The maximum atomic E-state index is 5.58. The minimum Gasteiger partial charge on any atom is -0.494 e. The van der Waals surface area contributed by atoms with Gasteiger partial charge in [-0.1, -0.05) is 19.1 Å². The number of rotatable bonds is 7. The number of hydrogen-bond donors (Lipinski definition) is 1. The van der Waals surface area contributed by atoms with Crippen LogP contribution in [0.4, 0.5) is 0 Å². The Labute approximate surface area is 116 Å². The molecule has 2 atom stereocenters.